The molecule has 0 atom stereocenters. The van der Waals surface area contributed by atoms with Crippen LogP contribution in [0.3, 0.4) is 0 Å². The Labute approximate surface area is 114 Å². The summed E-state index contributed by atoms with van der Waals surface area (Å²) in [4.78, 5) is 22.8. The van der Waals surface area contributed by atoms with Crippen LogP contribution in [-0.2, 0) is 9.53 Å². The van der Waals surface area contributed by atoms with Crippen LogP contribution in [0.15, 0.2) is 18.2 Å². The number of halogens is 1. The van der Waals surface area contributed by atoms with Gasteiger partial charge in [-0.15, -0.1) is 0 Å². The van der Waals surface area contributed by atoms with Crippen LogP contribution in [0.5, 0.6) is 5.75 Å². The van der Waals surface area contributed by atoms with Crippen molar-refractivity contribution in [1.29, 1.82) is 0 Å². The lowest BCUT2D eigenvalue weighted by atomic mass is 10.2. The van der Waals surface area contributed by atoms with Gasteiger partial charge in [-0.25, -0.2) is 4.79 Å². The standard InChI is InChI=1S/C12H14BrNO4/c1-3-18-10-5-4-8(12(16)17-2)6-9(10)14-11(15)7-13/h4-6H,3,7H2,1-2H3,(H,14,15). The van der Waals surface area contributed by atoms with E-state index in [2.05, 4.69) is 26.0 Å². The normalized spacial score (nSPS) is 9.72. The molecule has 1 aromatic carbocycles. The maximum atomic E-state index is 11.4. The third-order valence-corrected chi connectivity index (χ3v) is 2.61. The van der Waals surface area contributed by atoms with Crippen LogP contribution < -0.4 is 10.1 Å². The van der Waals surface area contributed by atoms with Crippen molar-refractivity contribution in [3.63, 3.8) is 0 Å². The van der Waals surface area contributed by atoms with E-state index in [0.717, 1.165) is 0 Å². The van der Waals surface area contributed by atoms with Crippen LogP contribution in [0.25, 0.3) is 0 Å². The molecular formula is C12H14BrNO4. The van der Waals surface area contributed by atoms with Crippen molar-refractivity contribution in [1.82, 2.24) is 0 Å². The maximum Gasteiger partial charge on any atom is 0.337 e. The summed E-state index contributed by atoms with van der Waals surface area (Å²) in [7, 11) is 1.30. The predicted molar refractivity (Wildman–Crippen MR) is 71.4 cm³/mol. The lowest BCUT2D eigenvalue weighted by Gasteiger charge is -2.12. The number of nitrogens with one attached hydrogen (secondary N) is 1. The minimum absolute atomic E-state index is 0.168. The summed E-state index contributed by atoms with van der Waals surface area (Å²) in [5.41, 5.74) is 0.801. The average molecular weight is 316 g/mol. The van der Waals surface area contributed by atoms with Gasteiger partial charge in [0, 0.05) is 0 Å². The molecule has 1 N–H and O–H groups in total. The molecule has 0 spiro atoms. The summed E-state index contributed by atoms with van der Waals surface area (Å²) in [6.45, 7) is 2.30. The van der Waals surface area contributed by atoms with E-state index in [4.69, 9.17) is 4.74 Å². The van der Waals surface area contributed by atoms with E-state index in [1.54, 1.807) is 12.1 Å². The molecule has 0 fully saturated rings. The third-order valence-electron chi connectivity index (χ3n) is 2.10. The SMILES string of the molecule is CCOc1ccc(C(=O)OC)cc1NC(=O)CBr. The summed E-state index contributed by atoms with van der Waals surface area (Å²) in [6, 6.07) is 4.73. The molecule has 0 aliphatic heterocycles. The number of benzene rings is 1. The zero-order chi connectivity index (χ0) is 13.5. The zero-order valence-electron chi connectivity index (χ0n) is 10.2. The Kier molecular flexibility index (Phi) is 5.64. The number of ether oxygens (including phenoxy) is 2. The molecule has 0 bridgehead atoms. The first-order valence-corrected chi connectivity index (χ1v) is 6.45. The minimum atomic E-state index is -0.465. The van der Waals surface area contributed by atoms with E-state index >= 15 is 0 Å². The monoisotopic (exact) mass is 315 g/mol. The summed E-state index contributed by atoms with van der Waals surface area (Å²) in [5.74, 6) is -0.176. The summed E-state index contributed by atoms with van der Waals surface area (Å²) >= 11 is 3.05. The largest absolute Gasteiger partial charge is 0.492 e. The average Bonchev–Trinajstić information content (AvgIpc) is 2.39. The van der Waals surface area contributed by atoms with Crippen molar-refractivity contribution in [2.45, 2.75) is 6.92 Å². The molecule has 0 radical (unpaired) electrons. The Balaban J connectivity index is 3.06. The Morgan fingerprint density at radius 1 is 1.39 bits per heavy atom. The molecule has 0 saturated heterocycles. The molecule has 0 aliphatic rings. The van der Waals surface area contributed by atoms with E-state index < -0.39 is 5.97 Å². The molecule has 18 heavy (non-hydrogen) atoms. The first-order valence-electron chi connectivity index (χ1n) is 5.33. The Bertz CT molecular complexity index is 448. The number of hydrogen-bond donors (Lipinski definition) is 1. The van der Waals surface area contributed by atoms with Gasteiger partial charge in [0.2, 0.25) is 5.91 Å². The van der Waals surface area contributed by atoms with Crippen LogP contribution in [0, 0.1) is 0 Å². The number of amides is 1. The van der Waals surface area contributed by atoms with Crippen molar-refractivity contribution in [3.05, 3.63) is 23.8 Å². The fourth-order valence-electron chi connectivity index (χ4n) is 1.34. The van der Waals surface area contributed by atoms with Gasteiger partial charge in [0.05, 0.1) is 30.3 Å². The zero-order valence-corrected chi connectivity index (χ0v) is 11.7. The van der Waals surface area contributed by atoms with Crippen LogP contribution in [0.4, 0.5) is 5.69 Å². The highest BCUT2D eigenvalue weighted by atomic mass is 79.9. The Hall–Kier alpha value is -1.56. The molecule has 0 saturated carbocycles. The second kappa shape index (κ2) is 7.00. The van der Waals surface area contributed by atoms with Crippen molar-refractivity contribution in [2.24, 2.45) is 0 Å². The molecule has 0 aromatic heterocycles. The fourth-order valence-corrected chi connectivity index (χ4v) is 1.48. The first-order chi connectivity index (χ1) is 8.62. The molecule has 98 valence electrons. The summed E-state index contributed by atoms with van der Waals surface area (Å²) < 4.78 is 9.99. The summed E-state index contributed by atoms with van der Waals surface area (Å²) in [5, 5.41) is 2.81. The topological polar surface area (TPSA) is 64.6 Å². The first kappa shape index (κ1) is 14.5. The lowest BCUT2D eigenvalue weighted by molar-refractivity contribution is -0.113. The van der Waals surface area contributed by atoms with Gasteiger partial charge in [-0.2, -0.15) is 0 Å². The maximum absolute atomic E-state index is 11.4. The summed E-state index contributed by atoms with van der Waals surface area (Å²) in [6.07, 6.45) is 0. The smallest absolute Gasteiger partial charge is 0.337 e. The molecule has 5 nitrogen and oxygen atoms in total. The second-order valence-electron chi connectivity index (χ2n) is 3.32. The van der Waals surface area contributed by atoms with Crippen molar-refractivity contribution in [2.75, 3.05) is 24.4 Å². The van der Waals surface area contributed by atoms with Crippen LogP contribution in [0.2, 0.25) is 0 Å². The van der Waals surface area contributed by atoms with Crippen molar-refractivity contribution < 1.29 is 19.1 Å². The number of esters is 1. The van der Waals surface area contributed by atoms with Gasteiger partial charge in [-0.1, -0.05) is 15.9 Å². The highest BCUT2D eigenvalue weighted by Gasteiger charge is 2.12. The third kappa shape index (κ3) is 3.73. The van der Waals surface area contributed by atoms with E-state index in [-0.39, 0.29) is 11.2 Å². The number of rotatable bonds is 5. The highest BCUT2D eigenvalue weighted by Crippen LogP contribution is 2.26. The van der Waals surface area contributed by atoms with Crippen molar-refractivity contribution in [3.8, 4) is 5.75 Å². The van der Waals surface area contributed by atoms with Gasteiger partial charge in [-0.3, -0.25) is 4.79 Å². The molecule has 0 unspecified atom stereocenters. The Morgan fingerprint density at radius 3 is 2.67 bits per heavy atom. The Morgan fingerprint density at radius 2 is 2.11 bits per heavy atom. The number of alkyl halides is 1. The van der Waals surface area contributed by atoms with Gasteiger partial charge in [0.25, 0.3) is 0 Å². The number of anilines is 1. The fraction of sp³-hybridized carbons (Fsp3) is 0.333. The van der Waals surface area contributed by atoms with Gasteiger partial charge in [-0.05, 0) is 25.1 Å². The van der Waals surface area contributed by atoms with Gasteiger partial charge in [0.1, 0.15) is 5.75 Å². The number of hydrogen-bond acceptors (Lipinski definition) is 4. The molecule has 1 amide bonds. The predicted octanol–water partition coefficient (Wildman–Crippen LogP) is 2.21. The molecule has 1 aromatic rings. The van der Waals surface area contributed by atoms with Gasteiger partial charge in [0.15, 0.2) is 0 Å². The van der Waals surface area contributed by atoms with E-state index in [1.807, 2.05) is 6.92 Å². The van der Waals surface area contributed by atoms with Gasteiger partial charge >= 0.3 is 5.97 Å². The lowest BCUT2D eigenvalue weighted by Crippen LogP contribution is -2.14. The molecule has 0 aliphatic carbocycles. The highest BCUT2D eigenvalue weighted by molar-refractivity contribution is 9.09. The molecule has 0 heterocycles. The van der Waals surface area contributed by atoms with E-state index in [1.165, 1.54) is 13.2 Å². The van der Waals surface area contributed by atoms with E-state index in [9.17, 15) is 9.59 Å². The number of carbonyl (C=O) groups excluding carboxylic acids is 2. The van der Waals surface area contributed by atoms with Crippen molar-refractivity contribution >= 4 is 33.5 Å². The van der Waals surface area contributed by atoms with Crippen LogP contribution >= 0.6 is 15.9 Å². The van der Waals surface area contributed by atoms with Crippen LogP contribution in [-0.4, -0.2) is 30.9 Å². The quantitative estimate of drug-likeness (QED) is 0.668. The molecular weight excluding hydrogens is 302 g/mol. The number of methoxy groups -OCH3 is 1. The number of carbonyl (C=O) groups is 2. The molecule has 1 rings (SSSR count). The van der Waals surface area contributed by atoms with Crippen LogP contribution in [0.1, 0.15) is 17.3 Å². The minimum Gasteiger partial charge on any atom is -0.492 e. The van der Waals surface area contributed by atoms with Gasteiger partial charge < -0.3 is 14.8 Å². The van der Waals surface area contributed by atoms with E-state index in [0.29, 0.717) is 23.6 Å². The molecule has 6 heteroatoms. The second-order valence-corrected chi connectivity index (χ2v) is 3.88.